The van der Waals surface area contributed by atoms with Crippen molar-refractivity contribution in [2.24, 2.45) is 11.7 Å². The lowest BCUT2D eigenvalue weighted by Gasteiger charge is -2.37. The Hall–Kier alpha value is -1.06. The van der Waals surface area contributed by atoms with Crippen LogP contribution in [0.2, 0.25) is 0 Å². The molecule has 3 nitrogen and oxygen atoms in total. The van der Waals surface area contributed by atoms with Crippen molar-refractivity contribution in [1.29, 1.82) is 0 Å². The van der Waals surface area contributed by atoms with Gasteiger partial charge in [-0.15, -0.1) is 12.4 Å². The number of amides is 1. The molecule has 0 bridgehead atoms. The molecule has 3 unspecified atom stereocenters. The Morgan fingerprint density at radius 1 is 1.14 bits per heavy atom. The number of nitrogens with zero attached hydrogens (tertiary/aromatic N) is 1. The molecule has 2 aliphatic rings. The monoisotopic (exact) mass is 322 g/mol. The second kappa shape index (κ2) is 7.47. The summed E-state index contributed by atoms with van der Waals surface area (Å²) in [5, 5.41) is 0. The highest BCUT2D eigenvalue weighted by Gasteiger charge is 2.35. The zero-order valence-electron chi connectivity index (χ0n) is 13.3. The molecule has 1 heterocycles. The molecule has 1 saturated carbocycles. The van der Waals surface area contributed by atoms with Crippen molar-refractivity contribution in [3.05, 3.63) is 35.4 Å². The van der Waals surface area contributed by atoms with Gasteiger partial charge in [-0.3, -0.25) is 4.79 Å². The van der Waals surface area contributed by atoms with Gasteiger partial charge in [-0.1, -0.05) is 29.8 Å². The van der Waals surface area contributed by atoms with E-state index in [1.807, 2.05) is 0 Å². The van der Waals surface area contributed by atoms with Crippen LogP contribution >= 0.6 is 12.4 Å². The lowest BCUT2D eigenvalue weighted by molar-refractivity contribution is -0.139. The first-order valence-electron chi connectivity index (χ1n) is 8.28. The molecular weight excluding hydrogens is 296 g/mol. The van der Waals surface area contributed by atoms with Crippen molar-refractivity contribution in [3.8, 4) is 0 Å². The van der Waals surface area contributed by atoms with Crippen molar-refractivity contribution >= 4 is 18.3 Å². The van der Waals surface area contributed by atoms with Crippen LogP contribution < -0.4 is 5.73 Å². The Morgan fingerprint density at radius 2 is 1.86 bits per heavy atom. The predicted octanol–water partition coefficient (Wildman–Crippen LogP) is 3.60. The topological polar surface area (TPSA) is 46.3 Å². The maximum absolute atomic E-state index is 12.9. The molecule has 22 heavy (non-hydrogen) atoms. The van der Waals surface area contributed by atoms with Gasteiger partial charge < -0.3 is 10.6 Å². The van der Waals surface area contributed by atoms with E-state index in [2.05, 4.69) is 36.1 Å². The van der Waals surface area contributed by atoms with Crippen LogP contribution in [-0.4, -0.2) is 23.4 Å². The number of likely N-dealkylation sites (tertiary alicyclic amines) is 1. The molecule has 2 N–H and O–H groups in total. The molecule has 0 radical (unpaired) electrons. The number of rotatable bonds is 2. The SMILES string of the molecule is Cc1ccc(C2CCCCN2C(=O)C2CCC(N)C2)cc1.Cl. The molecule has 3 atom stereocenters. The number of hydrogen-bond donors (Lipinski definition) is 1. The van der Waals surface area contributed by atoms with Crippen molar-refractivity contribution in [2.75, 3.05) is 6.54 Å². The fraction of sp³-hybridized carbons (Fsp3) is 0.611. The van der Waals surface area contributed by atoms with Gasteiger partial charge in [-0.25, -0.2) is 0 Å². The van der Waals surface area contributed by atoms with Gasteiger partial charge in [0.15, 0.2) is 0 Å². The summed E-state index contributed by atoms with van der Waals surface area (Å²) in [4.78, 5) is 15.0. The van der Waals surface area contributed by atoms with E-state index in [4.69, 9.17) is 5.73 Å². The van der Waals surface area contributed by atoms with E-state index in [-0.39, 0.29) is 30.4 Å². The summed E-state index contributed by atoms with van der Waals surface area (Å²) in [6, 6.07) is 9.17. The Morgan fingerprint density at radius 3 is 2.50 bits per heavy atom. The van der Waals surface area contributed by atoms with E-state index in [0.717, 1.165) is 38.6 Å². The van der Waals surface area contributed by atoms with Gasteiger partial charge in [0.2, 0.25) is 5.91 Å². The number of carbonyl (C=O) groups excluding carboxylic acids is 1. The fourth-order valence-corrected chi connectivity index (χ4v) is 3.81. The number of nitrogens with two attached hydrogens (primary N) is 1. The number of carbonyl (C=O) groups is 1. The zero-order chi connectivity index (χ0) is 14.8. The molecule has 3 rings (SSSR count). The number of hydrogen-bond acceptors (Lipinski definition) is 2. The number of piperidine rings is 1. The summed E-state index contributed by atoms with van der Waals surface area (Å²) < 4.78 is 0. The largest absolute Gasteiger partial charge is 0.335 e. The van der Waals surface area contributed by atoms with Gasteiger partial charge in [0.25, 0.3) is 0 Å². The highest BCUT2D eigenvalue weighted by molar-refractivity contribution is 5.85. The van der Waals surface area contributed by atoms with E-state index < -0.39 is 0 Å². The summed E-state index contributed by atoms with van der Waals surface area (Å²) in [7, 11) is 0. The standard InChI is InChI=1S/C18H26N2O.ClH/c1-13-5-7-14(8-6-13)17-4-2-3-11-20(17)18(21)15-9-10-16(19)12-15;/h5-8,15-17H,2-4,9-12,19H2,1H3;1H. The van der Waals surface area contributed by atoms with E-state index >= 15 is 0 Å². The second-order valence-corrected chi connectivity index (χ2v) is 6.72. The van der Waals surface area contributed by atoms with Crippen molar-refractivity contribution in [1.82, 2.24) is 4.90 Å². The Kier molecular flexibility index (Phi) is 5.87. The fourth-order valence-electron chi connectivity index (χ4n) is 3.81. The van der Waals surface area contributed by atoms with Crippen LogP contribution in [0, 0.1) is 12.8 Å². The first-order valence-corrected chi connectivity index (χ1v) is 8.28. The van der Waals surface area contributed by atoms with E-state index in [9.17, 15) is 4.79 Å². The van der Waals surface area contributed by atoms with Crippen molar-refractivity contribution in [2.45, 2.75) is 57.5 Å². The Balaban J connectivity index is 0.00000176. The molecule has 0 aromatic heterocycles. The van der Waals surface area contributed by atoms with Crippen molar-refractivity contribution in [3.63, 3.8) is 0 Å². The molecule has 122 valence electrons. The lowest BCUT2D eigenvalue weighted by atomic mass is 9.92. The molecule has 1 aromatic carbocycles. The van der Waals surface area contributed by atoms with Crippen LogP contribution in [0.15, 0.2) is 24.3 Å². The quantitative estimate of drug-likeness (QED) is 0.904. The van der Waals surface area contributed by atoms with Gasteiger partial charge in [-0.05, 0) is 51.0 Å². The van der Waals surface area contributed by atoms with E-state index in [0.29, 0.717) is 5.91 Å². The minimum atomic E-state index is 0. The molecule has 1 aliphatic heterocycles. The second-order valence-electron chi connectivity index (χ2n) is 6.72. The van der Waals surface area contributed by atoms with Gasteiger partial charge in [-0.2, -0.15) is 0 Å². The van der Waals surface area contributed by atoms with Crippen LogP contribution in [0.3, 0.4) is 0 Å². The van der Waals surface area contributed by atoms with E-state index in [1.54, 1.807) is 0 Å². The predicted molar refractivity (Wildman–Crippen MR) is 92.0 cm³/mol. The molecule has 1 amide bonds. The van der Waals surface area contributed by atoms with Crippen molar-refractivity contribution < 1.29 is 4.79 Å². The smallest absolute Gasteiger partial charge is 0.226 e. The normalized spacial score (nSPS) is 28.3. The number of halogens is 1. The molecule has 1 saturated heterocycles. The average molecular weight is 323 g/mol. The third-order valence-electron chi connectivity index (χ3n) is 5.07. The molecule has 1 aromatic rings. The van der Waals surface area contributed by atoms with Crippen LogP contribution in [0.5, 0.6) is 0 Å². The third-order valence-corrected chi connectivity index (χ3v) is 5.07. The molecule has 0 spiro atoms. The maximum atomic E-state index is 12.9. The molecule has 2 fully saturated rings. The number of aryl methyl sites for hydroxylation is 1. The summed E-state index contributed by atoms with van der Waals surface area (Å²) >= 11 is 0. The van der Waals surface area contributed by atoms with Crippen LogP contribution in [0.4, 0.5) is 0 Å². The third kappa shape index (κ3) is 3.64. The highest BCUT2D eigenvalue weighted by Crippen LogP contribution is 2.35. The number of benzene rings is 1. The summed E-state index contributed by atoms with van der Waals surface area (Å²) in [6.07, 6.45) is 6.28. The first kappa shape index (κ1) is 17.3. The van der Waals surface area contributed by atoms with Gasteiger partial charge >= 0.3 is 0 Å². The molecular formula is C18H27ClN2O. The van der Waals surface area contributed by atoms with Gasteiger partial charge in [0.05, 0.1) is 6.04 Å². The minimum absolute atomic E-state index is 0. The van der Waals surface area contributed by atoms with Crippen LogP contribution in [0.1, 0.15) is 55.7 Å². The summed E-state index contributed by atoms with van der Waals surface area (Å²) in [5.74, 6) is 0.499. The van der Waals surface area contributed by atoms with Gasteiger partial charge in [0, 0.05) is 18.5 Å². The summed E-state index contributed by atoms with van der Waals surface area (Å²) in [5.41, 5.74) is 8.54. The van der Waals surface area contributed by atoms with Crippen LogP contribution in [-0.2, 0) is 4.79 Å². The first-order chi connectivity index (χ1) is 10.1. The average Bonchev–Trinajstić information content (AvgIpc) is 2.94. The van der Waals surface area contributed by atoms with Crippen LogP contribution in [0.25, 0.3) is 0 Å². The molecule has 4 heteroatoms. The lowest BCUT2D eigenvalue weighted by Crippen LogP contribution is -2.41. The maximum Gasteiger partial charge on any atom is 0.226 e. The summed E-state index contributed by atoms with van der Waals surface area (Å²) in [6.45, 7) is 3.01. The van der Waals surface area contributed by atoms with E-state index in [1.165, 1.54) is 17.5 Å². The zero-order valence-corrected chi connectivity index (χ0v) is 14.1. The van der Waals surface area contributed by atoms with Gasteiger partial charge in [0.1, 0.15) is 0 Å². The Bertz CT molecular complexity index is 502. The Labute approximate surface area is 139 Å². The highest BCUT2D eigenvalue weighted by atomic mass is 35.5. The molecule has 1 aliphatic carbocycles. The minimum Gasteiger partial charge on any atom is -0.335 e.